The molecule has 0 saturated heterocycles. The van der Waals surface area contributed by atoms with E-state index in [1.807, 2.05) is 0 Å². The summed E-state index contributed by atoms with van der Waals surface area (Å²) in [6.07, 6.45) is -0.188. The average Bonchev–Trinajstić information content (AvgIpc) is 2.43. The normalized spacial score (nSPS) is 10.8. The standard InChI is InChI=1S/C13H13F3N4O/c1-6(2)21-13-19-11(18-12(17-3)20-13)7-4-8(14)10(16)9(15)5-7/h4-6H,1-3H3,(H,17,18,19,20). The lowest BCUT2D eigenvalue weighted by atomic mass is 10.2. The van der Waals surface area contributed by atoms with Gasteiger partial charge < -0.3 is 10.1 Å². The van der Waals surface area contributed by atoms with Gasteiger partial charge in [0.15, 0.2) is 23.3 Å². The van der Waals surface area contributed by atoms with Gasteiger partial charge >= 0.3 is 6.01 Å². The van der Waals surface area contributed by atoms with Crippen LogP contribution in [0.15, 0.2) is 12.1 Å². The van der Waals surface area contributed by atoms with Gasteiger partial charge in [-0.3, -0.25) is 0 Å². The van der Waals surface area contributed by atoms with Crippen LogP contribution in [0, 0.1) is 17.5 Å². The summed E-state index contributed by atoms with van der Waals surface area (Å²) in [5.41, 5.74) is -0.0149. The van der Waals surface area contributed by atoms with E-state index in [-0.39, 0.29) is 29.5 Å². The van der Waals surface area contributed by atoms with Crippen LogP contribution in [0.2, 0.25) is 0 Å². The van der Waals surface area contributed by atoms with Gasteiger partial charge in [-0.15, -0.1) is 0 Å². The fraction of sp³-hybridized carbons (Fsp3) is 0.308. The van der Waals surface area contributed by atoms with Crippen molar-refractivity contribution in [1.82, 2.24) is 15.0 Å². The Bertz CT molecular complexity index is 641. The molecule has 2 rings (SSSR count). The number of halogens is 3. The van der Waals surface area contributed by atoms with Gasteiger partial charge in [0, 0.05) is 12.6 Å². The zero-order chi connectivity index (χ0) is 15.6. The first-order valence-electron chi connectivity index (χ1n) is 6.16. The number of anilines is 1. The van der Waals surface area contributed by atoms with E-state index >= 15 is 0 Å². The van der Waals surface area contributed by atoms with Crippen molar-refractivity contribution in [2.75, 3.05) is 12.4 Å². The molecule has 1 heterocycles. The van der Waals surface area contributed by atoms with Gasteiger partial charge in [0.1, 0.15) is 0 Å². The molecule has 1 aromatic carbocycles. The molecule has 5 nitrogen and oxygen atoms in total. The molecule has 0 radical (unpaired) electrons. The minimum Gasteiger partial charge on any atom is -0.461 e. The summed E-state index contributed by atoms with van der Waals surface area (Å²) in [6, 6.07) is 1.63. The van der Waals surface area contributed by atoms with Crippen molar-refractivity contribution in [1.29, 1.82) is 0 Å². The van der Waals surface area contributed by atoms with Crippen LogP contribution in [0.1, 0.15) is 13.8 Å². The predicted octanol–water partition coefficient (Wildman–Crippen LogP) is 2.78. The molecule has 0 unspecified atom stereocenters. The summed E-state index contributed by atoms with van der Waals surface area (Å²) in [5, 5.41) is 2.69. The summed E-state index contributed by atoms with van der Waals surface area (Å²) >= 11 is 0. The van der Waals surface area contributed by atoms with Crippen molar-refractivity contribution in [2.24, 2.45) is 0 Å². The second kappa shape index (κ2) is 5.94. The van der Waals surface area contributed by atoms with Crippen LogP contribution in [0.5, 0.6) is 6.01 Å². The molecule has 21 heavy (non-hydrogen) atoms. The van der Waals surface area contributed by atoms with E-state index in [1.165, 1.54) is 0 Å². The highest BCUT2D eigenvalue weighted by Crippen LogP contribution is 2.23. The van der Waals surface area contributed by atoms with E-state index in [1.54, 1.807) is 20.9 Å². The monoisotopic (exact) mass is 298 g/mol. The molecule has 0 fully saturated rings. The van der Waals surface area contributed by atoms with Crippen molar-refractivity contribution in [3.05, 3.63) is 29.6 Å². The quantitative estimate of drug-likeness (QED) is 0.880. The van der Waals surface area contributed by atoms with E-state index in [0.29, 0.717) is 0 Å². The van der Waals surface area contributed by atoms with Crippen molar-refractivity contribution in [3.63, 3.8) is 0 Å². The Morgan fingerprint density at radius 1 is 1.05 bits per heavy atom. The smallest absolute Gasteiger partial charge is 0.322 e. The SMILES string of the molecule is CNc1nc(OC(C)C)nc(-c2cc(F)c(F)c(F)c2)n1. The molecular formula is C13H13F3N4O. The van der Waals surface area contributed by atoms with E-state index in [2.05, 4.69) is 20.3 Å². The summed E-state index contributed by atoms with van der Waals surface area (Å²) < 4.78 is 44.9. The molecule has 0 spiro atoms. The maximum atomic E-state index is 13.3. The van der Waals surface area contributed by atoms with E-state index < -0.39 is 17.5 Å². The maximum Gasteiger partial charge on any atom is 0.322 e. The second-order valence-electron chi connectivity index (χ2n) is 4.44. The van der Waals surface area contributed by atoms with Gasteiger partial charge in [0.05, 0.1) is 6.10 Å². The lowest BCUT2D eigenvalue weighted by Crippen LogP contribution is -2.11. The van der Waals surface area contributed by atoms with Crippen molar-refractivity contribution < 1.29 is 17.9 Å². The highest BCUT2D eigenvalue weighted by Gasteiger charge is 2.15. The number of benzene rings is 1. The van der Waals surface area contributed by atoms with Crippen LogP contribution in [-0.4, -0.2) is 28.1 Å². The molecule has 2 aromatic rings. The molecule has 0 aliphatic carbocycles. The molecule has 0 aliphatic heterocycles. The Labute approximate surface area is 119 Å². The molecule has 0 bridgehead atoms. The van der Waals surface area contributed by atoms with E-state index in [0.717, 1.165) is 12.1 Å². The molecule has 1 aromatic heterocycles. The maximum absolute atomic E-state index is 13.3. The van der Waals surface area contributed by atoms with Gasteiger partial charge in [-0.1, -0.05) is 0 Å². The first-order valence-corrected chi connectivity index (χ1v) is 6.16. The van der Waals surface area contributed by atoms with Gasteiger partial charge in [0.25, 0.3) is 0 Å². The minimum atomic E-state index is -1.54. The Morgan fingerprint density at radius 2 is 1.67 bits per heavy atom. The summed E-state index contributed by atoms with van der Waals surface area (Å²) in [6.45, 7) is 3.56. The van der Waals surface area contributed by atoms with Crippen LogP contribution in [0.3, 0.4) is 0 Å². The number of aromatic nitrogens is 3. The first kappa shape index (κ1) is 15.0. The third-order valence-corrected chi connectivity index (χ3v) is 2.42. The molecular weight excluding hydrogens is 285 g/mol. The topological polar surface area (TPSA) is 59.9 Å². The second-order valence-corrected chi connectivity index (χ2v) is 4.44. The Kier molecular flexibility index (Phi) is 4.25. The van der Waals surface area contributed by atoms with Crippen LogP contribution >= 0.6 is 0 Å². The predicted molar refractivity (Wildman–Crippen MR) is 70.4 cm³/mol. The minimum absolute atomic E-state index is 0.00416. The van der Waals surface area contributed by atoms with Gasteiger partial charge in [-0.05, 0) is 26.0 Å². The van der Waals surface area contributed by atoms with E-state index in [9.17, 15) is 13.2 Å². The van der Waals surface area contributed by atoms with Gasteiger partial charge in [0.2, 0.25) is 5.95 Å². The summed E-state index contributed by atoms with van der Waals surface area (Å²) in [5.74, 6) is -4.03. The number of nitrogens with zero attached hydrogens (tertiary/aromatic N) is 3. The Balaban J connectivity index is 2.52. The van der Waals surface area contributed by atoms with Crippen molar-refractivity contribution in [2.45, 2.75) is 20.0 Å². The molecule has 0 saturated carbocycles. The molecule has 8 heteroatoms. The number of ether oxygens (including phenoxy) is 1. The summed E-state index contributed by atoms with van der Waals surface area (Å²) in [4.78, 5) is 11.9. The number of nitrogens with one attached hydrogen (secondary N) is 1. The molecule has 0 amide bonds. The zero-order valence-electron chi connectivity index (χ0n) is 11.6. The lowest BCUT2D eigenvalue weighted by molar-refractivity contribution is 0.222. The fourth-order valence-electron chi connectivity index (χ4n) is 1.55. The van der Waals surface area contributed by atoms with Crippen LogP contribution < -0.4 is 10.1 Å². The van der Waals surface area contributed by atoms with Crippen molar-refractivity contribution >= 4 is 5.95 Å². The van der Waals surface area contributed by atoms with Gasteiger partial charge in [-0.2, -0.15) is 15.0 Å². The third kappa shape index (κ3) is 3.39. The van der Waals surface area contributed by atoms with Gasteiger partial charge in [-0.25, -0.2) is 13.2 Å². The Morgan fingerprint density at radius 3 is 2.19 bits per heavy atom. The molecule has 112 valence electrons. The molecule has 0 atom stereocenters. The molecule has 0 aliphatic rings. The van der Waals surface area contributed by atoms with E-state index in [4.69, 9.17) is 4.74 Å². The highest BCUT2D eigenvalue weighted by atomic mass is 19.2. The third-order valence-electron chi connectivity index (χ3n) is 2.42. The summed E-state index contributed by atoms with van der Waals surface area (Å²) in [7, 11) is 1.57. The van der Waals surface area contributed by atoms with Crippen LogP contribution in [0.25, 0.3) is 11.4 Å². The van der Waals surface area contributed by atoms with Crippen molar-refractivity contribution in [3.8, 4) is 17.4 Å². The lowest BCUT2D eigenvalue weighted by Gasteiger charge is -2.10. The highest BCUT2D eigenvalue weighted by molar-refractivity contribution is 5.56. The number of hydrogen-bond acceptors (Lipinski definition) is 5. The largest absolute Gasteiger partial charge is 0.461 e. The number of rotatable bonds is 4. The first-order chi connectivity index (χ1) is 9.90. The zero-order valence-corrected chi connectivity index (χ0v) is 11.6. The Hall–Kier alpha value is -2.38. The molecule has 1 N–H and O–H groups in total. The fourth-order valence-corrected chi connectivity index (χ4v) is 1.55. The number of hydrogen-bond donors (Lipinski definition) is 1. The van der Waals surface area contributed by atoms with Crippen LogP contribution in [0.4, 0.5) is 19.1 Å². The average molecular weight is 298 g/mol. The van der Waals surface area contributed by atoms with Crippen LogP contribution in [-0.2, 0) is 0 Å².